The number of amides is 1. The van der Waals surface area contributed by atoms with Gasteiger partial charge in [-0.1, -0.05) is 19.1 Å². The van der Waals surface area contributed by atoms with Crippen LogP contribution in [0.5, 0.6) is 0 Å². The zero-order valence-electron chi connectivity index (χ0n) is 14.0. The second kappa shape index (κ2) is 9.14. The highest BCUT2D eigenvalue weighted by Gasteiger charge is 2.14. The monoisotopic (exact) mass is 342 g/mol. The molecule has 24 heavy (non-hydrogen) atoms. The molecule has 1 aromatic carbocycles. The van der Waals surface area contributed by atoms with Gasteiger partial charge in [-0.05, 0) is 31.0 Å². The van der Waals surface area contributed by atoms with E-state index >= 15 is 0 Å². The van der Waals surface area contributed by atoms with Crippen molar-refractivity contribution in [3.63, 3.8) is 0 Å². The number of hydrogen-bond donors (Lipinski definition) is 1. The standard InChI is InChI=1S/C18H22N4OS/c1-3-17(16-10-20-22(4-2)11-16)21-18(23)13-24-12-15-7-5-14(9-19)6-8-15/h5-8,10-11,17H,3-4,12-13H2,1-2H3,(H,21,23). The normalized spacial score (nSPS) is 11.7. The molecule has 1 unspecified atom stereocenters. The van der Waals surface area contributed by atoms with Gasteiger partial charge in [0.25, 0.3) is 0 Å². The van der Waals surface area contributed by atoms with Gasteiger partial charge in [0.05, 0.1) is 29.6 Å². The van der Waals surface area contributed by atoms with E-state index in [1.54, 1.807) is 23.9 Å². The van der Waals surface area contributed by atoms with Crippen molar-refractivity contribution in [1.29, 1.82) is 5.26 Å². The van der Waals surface area contributed by atoms with Crippen LogP contribution in [0.25, 0.3) is 0 Å². The number of rotatable bonds is 8. The summed E-state index contributed by atoms with van der Waals surface area (Å²) in [6.07, 6.45) is 4.64. The second-order valence-corrected chi connectivity index (χ2v) is 6.44. The third kappa shape index (κ3) is 5.14. The van der Waals surface area contributed by atoms with Crippen LogP contribution in [0, 0.1) is 11.3 Å². The van der Waals surface area contributed by atoms with E-state index in [2.05, 4.69) is 23.4 Å². The highest BCUT2D eigenvalue weighted by Crippen LogP contribution is 2.17. The van der Waals surface area contributed by atoms with Gasteiger partial charge in [-0.25, -0.2) is 0 Å². The van der Waals surface area contributed by atoms with Gasteiger partial charge in [0.15, 0.2) is 0 Å². The summed E-state index contributed by atoms with van der Waals surface area (Å²) in [5.74, 6) is 1.20. The average molecular weight is 342 g/mol. The molecule has 2 rings (SSSR count). The first kappa shape index (κ1) is 18.1. The number of nitrogens with zero attached hydrogens (tertiary/aromatic N) is 3. The molecule has 0 fully saturated rings. The topological polar surface area (TPSA) is 70.7 Å². The molecule has 1 atom stereocenters. The molecule has 1 amide bonds. The van der Waals surface area contributed by atoms with E-state index < -0.39 is 0 Å². The maximum Gasteiger partial charge on any atom is 0.230 e. The molecule has 0 bridgehead atoms. The number of thioether (sulfide) groups is 1. The summed E-state index contributed by atoms with van der Waals surface area (Å²) in [6, 6.07) is 9.56. The summed E-state index contributed by atoms with van der Waals surface area (Å²) in [6.45, 7) is 4.92. The van der Waals surface area contributed by atoms with E-state index in [-0.39, 0.29) is 11.9 Å². The third-order valence-electron chi connectivity index (χ3n) is 3.71. The van der Waals surface area contributed by atoms with Crippen LogP contribution in [0.4, 0.5) is 0 Å². The predicted octanol–water partition coefficient (Wildman–Crippen LogP) is 3.28. The van der Waals surface area contributed by atoms with E-state index in [4.69, 9.17) is 5.26 Å². The van der Waals surface area contributed by atoms with E-state index in [9.17, 15) is 4.79 Å². The fourth-order valence-corrected chi connectivity index (χ4v) is 3.13. The van der Waals surface area contributed by atoms with Crippen molar-refractivity contribution in [2.24, 2.45) is 0 Å². The molecular weight excluding hydrogens is 320 g/mol. The van der Waals surface area contributed by atoms with Gasteiger partial charge in [0.1, 0.15) is 0 Å². The van der Waals surface area contributed by atoms with Crippen molar-refractivity contribution in [3.8, 4) is 6.07 Å². The average Bonchev–Trinajstić information content (AvgIpc) is 3.09. The van der Waals surface area contributed by atoms with Gasteiger partial charge in [-0.3, -0.25) is 9.48 Å². The maximum absolute atomic E-state index is 12.2. The van der Waals surface area contributed by atoms with Gasteiger partial charge >= 0.3 is 0 Å². The predicted molar refractivity (Wildman–Crippen MR) is 96.4 cm³/mol. The third-order valence-corrected chi connectivity index (χ3v) is 4.71. The summed E-state index contributed by atoms with van der Waals surface area (Å²) in [5, 5.41) is 16.1. The van der Waals surface area contributed by atoms with Crippen LogP contribution in [0.2, 0.25) is 0 Å². The Morgan fingerprint density at radius 2 is 2.12 bits per heavy atom. The molecule has 1 heterocycles. The molecule has 0 aliphatic heterocycles. The number of benzene rings is 1. The van der Waals surface area contributed by atoms with Crippen LogP contribution < -0.4 is 5.32 Å². The van der Waals surface area contributed by atoms with Gasteiger partial charge < -0.3 is 5.32 Å². The van der Waals surface area contributed by atoms with Gasteiger partial charge in [0, 0.05) is 24.1 Å². The molecule has 2 aromatic rings. The van der Waals surface area contributed by atoms with E-state index in [1.807, 2.05) is 36.1 Å². The quantitative estimate of drug-likeness (QED) is 0.799. The molecule has 0 saturated heterocycles. The number of hydrogen-bond acceptors (Lipinski definition) is 4. The Labute approximate surface area is 147 Å². The number of aryl methyl sites for hydroxylation is 1. The Hall–Kier alpha value is -2.26. The Bertz CT molecular complexity index is 703. The number of nitrogens with one attached hydrogen (secondary N) is 1. The molecule has 6 heteroatoms. The Morgan fingerprint density at radius 1 is 1.38 bits per heavy atom. The smallest absolute Gasteiger partial charge is 0.230 e. The van der Waals surface area contributed by atoms with Crippen molar-refractivity contribution in [3.05, 3.63) is 53.3 Å². The Balaban J connectivity index is 1.79. The van der Waals surface area contributed by atoms with Gasteiger partial charge in [0.2, 0.25) is 5.91 Å². The molecule has 126 valence electrons. The molecule has 0 aliphatic carbocycles. The molecule has 0 saturated carbocycles. The summed E-state index contributed by atoms with van der Waals surface area (Å²) in [4.78, 5) is 12.2. The Kier molecular flexibility index (Phi) is 6.89. The first-order chi connectivity index (χ1) is 11.7. The van der Waals surface area contributed by atoms with Crippen LogP contribution in [0.15, 0.2) is 36.7 Å². The molecule has 0 aliphatic rings. The molecule has 0 radical (unpaired) electrons. The number of carbonyl (C=O) groups excluding carboxylic acids is 1. The van der Waals surface area contributed by atoms with Crippen molar-refractivity contribution >= 4 is 17.7 Å². The lowest BCUT2D eigenvalue weighted by Gasteiger charge is -2.15. The first-order valence-electron chi connectivity index (χ1n) is 8.04. The van der Waals surface area contributed by atoms with Crippen LogP contribution in [0.1, 0.15) is 43.0 Å². The fraction of sp³-hybridized carbons (Fsp3) is 0.389. The summed E-state index contributed by atoms with van der Waals surface area (Å²) >= 11 is 1.57. The lowest BCUT2D eigenvalue weighted by molar-refractivity contribution is -0.119. The number of carbonyl (C=O) groups is 1. The highest BCUT2D eigenvalue weighted by atomic mass is 32.2. The minimum atomic E-state index is 0.00770. The molecule has 0 spiro atoms. The maximum atomic E-state index is 12.2. The summed E-state index contributed by atoms with van der Waals surface area (Å²) in [5.41, 5.74) is 2.81. The molecule has 1 aromatic heterocycles. The van der Waals surface area contributed by atoms with Crippen molar-refractivity contribution < 1.29 is 4.79 Å². The molecule has 5 nitrogen and oxygen atoms in total. The minimum Gasteiger partial charge on any atom is -0.348 e. The van der Waals surface area contributed by atoms with E-state index in [1.165, 1.54) is 0 Å². The van der Waals surface area contributed by atoms with Gasteiger partial charge in [-0.2, -0.15) is 10.4 Å². The van der Waals surface area contributed by atoms with E-state index in [0.717, 1.165) is 29.8 Å². The van der Waals surface area contributed by atoms with Crippen LogP contribution in [0.3, 0.4) is 0 Å². The fourth-order valence-electron chi connectivity index (χ4n) is 2.33. The number of aromatic nitrogens is 2. The van der Waals surface area contributed by atoms with Crippen LogP contribution >= 0.6 is 11.8 Å². The van der Waals surface area contributed by atoms with Crippen LogP contribution in [-0.2, 0) is 17.1 Å². The zero-order valence-corrected chi connectivity index (χ0v) is 14.8. The number of nitriles is 1. The molecular formula is C18H22N4OS. The molecule has 1 N–H and O–H groups in total. The van der Waals surface area contributed by atoms with E-state index in [0.29, 0.717) is 11.3 Å². The summed E-state index contributed by atoms with van der Waals surface area (Å²) in [7, 11) is 0. The lowest BCUT2D eigenvalue weighted by Crippen LogP contribution is -2.29. The zero-order chi connectivity index (χ0) is 17.4. The minimum absolute atomic E-state index is 0.00770. The lowest BCUT2D eigenvalue weighted by atomic mass is 10.1. The first-order valence-corrected chi connectivity index (χ1v) is 9.20. The highest BCUT2D eigenvalue weighted by molar-refractivity contribution is 7.99. The second-order valence-electron chi connectivity index (χ2n) is 5.46. The van der Waals surface area contributed by atoms with Crippen LogP contribution in [-0.4, -0.2) is 21.4 Å². The van der Waals surface area contributed by atoms with Gasteiger partial charge in [-0.15, -0.1) is 11.8 Å². The SMILES string of the molecule is CCC(NC(=O)CSCc1ccc(C#N)cc1)c1cnn(CC)c1. The largest absolute Gasteiger partial charge is 0.348 e. The van der Waals surface area contributed by atoms with Crippen molar-refractivity contribution in [2.75, 3.05) is 5.75 Å². The Morgan fingerprint density at radius 3 is 2.71 bits per heavy atom. The van der Waals surface area contributed by atoms with Crippen molar-refractivity contribution in [1.82, 2.24) is 15.1 Å². The van der Waals surface area contributed by atoms with Crippen molar-refractivity contribution in [2.45, 2.75) is 38.6 Å². The summed E-state index contributed by atoms with van der Waals surface area (Å²) < 4.78 is 1.86.